The van der Waals surface area contributed by atoms with E-state index in [1.807, 2.05) is 57.1 Å². The smallest absolute Gasteiger partial charge is 0.287 e. The van der Waals surface area contributed by atoms with Gasteiger partial charge in [-0.05, 0) is 57.3 Å². The monoisotopic (exact) mass is 394 g/mol. The lowest BCUT2D eigenvalue weighted by molar-refractivity contribution is 0.0914. The number of hydrogen-bond donors (Lipinski definition) is 1. The molecule has 0 saturated carbocycles. The third kappa shape index (κ3) is 4.32. The minimum atomic E-state index is -0.427. The molecule has 0 spiro atoms. The van der Waals surface area contributed by atoms with E-state index in [-0.39, 0.29) is 17.2 Å². The lowest BCUT2D eigenvalue weighted by Gasteiger charge is -2.26. The zero-order valence-electron chi connectivity index (χ0n) is 17.4. The summed E-state index contributed by atoms with van der Waals surface area (Å²) in [4.78, 5) is 27.2. The van der Waals surface area contributed by atoms with Crippen LogP contribution in [-0.2, 0) is 0 Å². The molecule has 1 aromatic heterocycles. The van der Waals surface area contributed by atoms with Gasteiger partial charge in [0.1, 0.15) is 11.3 Å². The SMILES string of the molecule is COc1ccccc1C(CNC(=O)c1cc(=O)c2cc(C)c(C)cc2o1)N(C)C. The van der Waals surface area contributed by atoms with E-state index in [4.69, 9.17) is 9.15 Å². The van der Waals surface area contributed by atoms with Crippen LogP contribution in [0.2, 0.25) is 0 Å². The molecule has 1 amide bonds. The second kappa shape index (κ2) is 8.49. The average Bonchev–Trinajstić information content (AvgIpc) is 2.69. The van der Waals surface area contributed by atoms with E-state index in [9.17, 15) is 9.59 Å². The first-order chi connectivity index (χ1) is 13.8. The number of hydrogen-bond acceptors (Lipinski definition) is 5. The molecule has 29 heavy (non-hydrogen) atoms. The number of aryl methyl sites for hydroxylation is 2. The molecule has 0 aliphatic carbocycles. The summed E-state index contributed by atoms with van der Waals surface area (Å²) in [5.74, 6) is 0.329. The molecule has 1 unspecified atom stereocenters. The van der Waals surface area contributed by atoms with Crippen molar-refractivity contribution in [1.29, 1.82) is 0 Å². The number of ether oxygens (including phenoxy) is 1. The Morgan fingerprint density at radius 2 is 1.83 bits per heavy atom. The number of nitrogens with one attached hydrogen (secondary N) is 1. The lowest BCUT2D eigenvalue weighted by atomic mass is 10.0. The Morgan fingerprint density at radius 3 is 2.52 bits per heavy atom. The summed E-state index contributed by atoms with van der Waals surface area (Å²) >= 11 is 0. The summed E-state index contributed by atoms with van der Waals surface area (Å²) in [6, 6.07) is 12.4. The van der Waals surface area contributed by atoms with Crippen LogP contribution in [-0.4, -0.2) is 38.6 Å². The highest BCUT2D eigenvalue weighted by atomic mass is 16.5. The van der Waals surface area contributed by atoms with E-state index in [2.05, 4.69) is 5.32 Å². The van der Waals surface area contributed by atoms with E-state index in [1.165, 1.54) is 6.07 Å². The number of rotatable bonds is 6. The fourth-order valence-electron chi connectivity index (χ4n) is 3.31. The molecule has 0 aliphatic heterocycles. The van der Waals surface area contributed by atoms with Gasteiger partial charge >= 0.3 is 0 Å². The normalized spacial score (nSPS) is 12.2. The Balaban J connectivity index is 1.85. The zero-order chi connectivity index (χ0) is 21.1. The van der Waals surface area contributed by atoms with Crippen molar-refractivity contribution in [2.24, 2.45) is 0 Å². The van der Waals surface area contributed by atoms with Gasteiger partial charge in [-0.1, -0.05) is 18.2 Å². The molecule has 0 saturated heterocycles. The highest BCUT2D eigenvalue weighted by Gasteiger charge is 2.20. The second-order valence-electron chi connectivity index (χ2n) is 7.34. The Bertz CT molecular complexity index is 1100. The standard InChI is InChI=1S/C23H26N2O4/c1-14-10-17-19(26)12-22(29-21(17)11-15(14)2)23(27)24-13-18(25(3)4)16-8-6-7-9-20(16)28-5/h6-12,18H,13H2,1-5H3,(H,24,27). The van der Waals surface area contributed by atoms with Gasteiger partial charge in [0.2, 0.25) is 0 Å². The molecule has 0 aliphatic rings. The van der Waals surface area contributed by atoms with Crippen LogP contribution >= 0.6 is 0 Å². The molecule has 3 rings (SSSR count). The molecule has 6 nitrogen and oxygen atoms in total. The predicted molar refractivity (Wildman–Crippen MR) is 114 cm³/mol. The third-order valence-corrected chi connectivity index (χ3v) is 5.14. The number of benzene rings is 2. The average molecular weight is 394 g/mol. The zero-order valence-corrected chi connectivity index (χ0v) is 17.4. The van der Waals surface area contributed by atoms with Crippen molar-refractivity contribution in [3.05, 3.63) is 75.1 Å². The van der Waals surface area contributed by atoms with Crippen LogP contribution in [0.1, 0.15) is 33.3 Å². The number of carbonyl (C=O) groups excluding carboxylic acids is 1. The highest BCUT2D eigenvalue weighted by molar-refractivity contribution is 5.93. The minimum absolute atomic E-state index is 0.00304. The molecular weight excluding hydrogens is 368 g/mol. The fraction of sp³-hybridized carbons (Fsp3) is 0.304. The van der Waals surface area contributed by atoms with E-state index in [1.54, 1.807) is 19.2 Å². The van der Waals surface area contributed by atoms with Crippen molar-refractivity contribution in [1.82, 2.24) is 10.2 Å². The number of fused-ring (bicyclic) bond motifs is 1. The molecule has 0 fully saturated rings. The summed E-state index contributed by atoms with van der Waals surface area (Å²) in [6.45, 7) is 4.21. The summed E-state index contributed by atoms with van der Waals surface area (Å²) in [7, 11) is 5.49. The second-order valence-corrected chi connectivity index (χ2v) is 7.34. The van der Waals surface area contributed by atoms with Gasteiger partial charge in [-0.15, -0.1) is 0 Å². The van der Waals surface area contributed by atoms with Crippen LogP contribution in [0.4, 0.5) is 0 Å². The number of amides is 1. The fourth-order valence-corrected chi connectivity index (χ4v) is 3.31. The van der Waals surface area contributed by atoms with Crippen molar-refractivity contribution in [3.8, 4) is 5.75 Å². The number of methoxy groups -OCH3 is 1. The van der Waals surface area contributed by atoms with Crippen molar-refractivity contribution in [3.63, 3.8) is 0 Å². The van der Waals surface area contributed by atoms with Crippen LogP contribution in [0.5, 0.6) is 5.75 Å². The van der Waals surface area contributed by atoms with Gasteiger partial charge in [0, 0.05) is 18.2 Å². The number of para-hydroxylation sites is 1. The summed E-state index contributed by atoms with van der Waals surface area (Å²) in [5, 5.41) is 3.36. The number of nitrogens with zero attached hydrogens (tertiary/aromatic N) is 1. The van der Waals surface area contributed by atoms with Crippen molar-refractivity contribution < 1.29 is 13.9 Å². The quantitative estimate of drug-likeness (QED) is 0.693. The molecule has 1 N–H and O–H groups in total. The van der Waals surface area contributed by atoms with Crippen molar-refractivity contribution >= 4 is 16.9 Å². The molecule has 1 atom stereocenters. The Hall–Kier alpha value is -3.12. The summed E-state index contributed by atoms with van der Waals surface area (Å²) < 4.78 is 11.2. The van der Waals surface area contributed by atoms with E-state index in [0.717, 1.165) is 22.4 Å². The number of carbonyl (C=O) groups is 1. The van der Waals surface area contributed by atoms with Crippen LogP contribution in [0.15, 0.2) is 51.7 Å². The summed E-state index contributed by atoms with van der Waals surface area (Å²) in [6.07, 6.45) is 0. The molecule has 0 radical (unpaired) electrons. The van der Waals surface area contributed by atoms with E-state index >= 15 is 0 Å². The molecule has 6 heteroatoms. The minimum Gasteiger partial charge on any atom is -0.496 e. The predicted octanol–water partition coefficient (Wildman–Crippen LogP) is 3.45. The van der Waals surface area contributed by atoms with Gasteiger partial charge in [-0.25, -0.2) is 0 Å². The molecule has 1 heterocycles. The van der Waals surface area contributed by atoms with Crippen LogP contribution < -0.4 is 15.5 Å². The van der Waals surface area contributed by atoms with Gasteiger partial charge in [0.05, 0.1) is 18.5 Å². The van der Waals surface area contributed by atoms with Gasteiger partial charge in [0.25, 0.3) is 5.91 Å². The largest absolute Gasteiger partial charge is 0.496 e. The lowest BCUT2D eigenvalue weighted by Crippen LogP contribution is -2.35. The first-order valence-electron chi connectivity index (χ1n) is 9.44. The van der Waals surface area contributed by atoms with Crippen molar-refractivity contribution in [2.45, 2.75) is 19.9 Å². The topological polar surface area (TPSA) is 71.8 Å². The van der Waals surface area contributed by atoms with Crippen LogP contribution in [0.3, 0.4) is 0 Å². The Labute approximate surface area is 170 Å². The van der Waals surface area contributed by atoms with Gasteiger partial charge in [0.15, 0.2) is 11.2 Å². The molecule has 2 aromatic carbocycles. The van der Waals surface area contributed by atoms with Crippen LogP contribution in [0, 0.1) is 13.8 Å². The van der Waals surface area contributed by atoms with E-state index in [0.29, 0.717) is 17.5 Å². The Morgan fingerprint density at radius 1 is 1.14 bits per heavy atom. The molecule has 152 valence electrons. The van der Waals surface area contributed by atoms with Crippen molar-refractivity contribution in [2.75, 3.05) is 27.7 Å². The highest BCUT2D eigenvalue weighted by Crippen LogP contribution is 2.27. The number of likely N-dealkylation sites (N-methyl/N-ethyl adjacent to an activating group) is 1. The van der Waals surface area contributed by atoms with Gasteiger partial charge < -0.3 is 19.4 Å². The van der Waals surface area contributed by atoms with Gasteiger partial charge in [-0.3, -0.25) is 9.59 Å². The molecular formula is C23H26N2O4. The maximum atomic E-state index is 12.7. The molecule has 0 bridgehead atoms. The maximum absolute atomic E-state index is 12.7. The third-order valence-electron chi connectivity index (χ3n) is 5.14. The van der Waals surface area contributed by atoms with Crippen LogP contribution in [0.25, 0.3) is 11.0 Å². The first-order valence-corrected chi connectivity index (χ1v) is 9.44. The molecule has 3 aromatic rings. The summed E-state index contributed by atoms with van der Waals surface area (Å²) in [5.41, 5.74) is 3.16. The van der Waals surface area contributed by atoms with Gasteiger partial charge in [-0.2, -0.15) is 0 Å². The first kappa shape index (κ1) is 20.6. The Kier molecular flexibility index (Phi) is 6.03. The van der Waals surface area contributed by atoms with E-state index < -0.39 is 5.91 Å². The maximum Gasteiger partial charge on any atom is 0.287 e.